The SMILES string of the molecule is CCC1CC(CCN2CCCCC2)C1(C)C.Cl. The molecule has 1 aliphatic carbocycles. The Balaban J connectivity index is 0.00000144. The Kier molecular flexibility index (Phi) is 5.79. The van der Waals surface area contributed by atoms with Gasteiger partial charge < -0.3 is 4.90 Å². The fraction of sp³-hybridized carbons (Fsp3) is 1.00. The van der Waals surface area contributed by atoms with E-state index in [1.165, 1.54) is 58.2 Å². The van der Waals surface area contributed by atoms with Crippen molar-refractivity contribution in [1.82, 2.24) is 4.90 Å². The van der Waals surface area contributed by atoms with E-state index < -0.39 is 0 Å². The van der Waals surface area contributed by atoms with Crippen LogP contribution in [-0.2, 0) is 0 Å². The molecule has 0 radical (unpaired) electrons. The Bertz CT molecular complexity index is 221. The van der Waals surface area contributed by atoms with Gasteiger partial charge in [0.15, 0.2) is 0 Å². The first kappa shape index (κ1) is 15.3. The van der Waals surface area contributed by atoms with Gasteiger partial charge in [0, 0.05) is 0 Å². The smallest absolute Gasteiger partial charge is 0.00159 e. The third-order valence-electron chi connectivity index (χ3n) is 5.41. The molecule has 2 aliphatic rings. The molecule has 2 fully saturated rings. The average Bonchev–Trinajstić information content (AvgIpc) is 2.29. The highest BCUT2D eigenvalue weighted by Crippen LogP contribution is 2.54. The standard InChI is InChI=1S/C15H29N.ClH/c1-4-13-12-14(15(13,2)3)8-11-16-9-6-5-7-10-16;/h13-14H,4-12H2,1-3H3;1H. The minimum atomic E-state index is 0. The highest BCUT2D eigenvalue weighted by molar-refractivity contribution is 5.85. The molecule has 0 amide bonds. The molecular formula is C15H30ClN. The topological polar surface area (TPSA) is 3.24 Å². The van der Waals surface area contributed by atoms with Gasteiger partial charge in [-0.2, -0.15) is 0 Å². The van der Waals surface area contributed by atoms with Gasteiger partial charge in [0.25, 0.3) is 0 Å². The van der Waals surface area contributed by atoms with E-state index in [4.69, 9.17) is 0 Å². The van der Waals surface area contributed by atoms with Crippen molar-refractivity contribution >= 4 is 12.4 Å². The lowest BCUT2D eigenvalue weighted by Gasteiger charge is -2.53. The predicted octanol–water partition coefficient (Wildman–Crippen LogP) is 4.36. The first-order valence-corrected chi connectivity index (χ1v) is 7.37. The van der Waals surface area contributed by atoms with Crippen molar-refractivity contribution in [2.45, 2.75) is 59.3 Å². The molecule has 1 heterocycles. The number of likely N-dealkylation sites (tertiary alicyclic amines) is 1. The quantitative estimate of drug-likeness (QED) is 0.725. The van der Waals surface area contributed by atoms with Gasteiger partial charge in [0.2, 0.25) is 0 Å². The maximum absolute atomic E-state index is 2.69. The van der Waals surface area contributed by atoms with Crippen LogP contribution in [0.1, 0.15) is 59.3 Å². The molecule has 1 saturated heterocycles. The van der Waals surface area contributed by atoms with Crippen molar-refractivity contribution in [3.05, 3.63) is 0 Å². The number of halogens is 1. The molecule has 0 spiro atoms. The van der Waals surface area contributed by atoms with E-state index in [9.17, 15) is 0 Å². The Hall–Kier alpha value is 0.250. The number of nitrogens with zero attached hydrogens (tertiary/aromatic N) is 1. The summed E-state index contributed by atoms with van der Waals surface area (Å²) in [5, 5.41) is 0. The van der Waals surface area contributed by atoms with E-state index in [0.717, 1.165) is 11.8 Å². The Morgan fingerprint density at radius 3 is 2.24 bits per heavy atom. The van der Waals surface area contributed by atoms with E-state index in [1.54, 1.807) is 0 Å². The van der Waals surface area contributed by atoms with Gasteiger partial charge in [-0.15, -0.1) is 12.4 Å². The van der Waals surface area contributed by atoms with E-state index in [1.807, 2.05) is 0 Å². The fourth-order valence-electron chi connectivity index (χ4n) is 3.83. The van der Waals surface area contributed by atoms with Gasteiger partial charge in [0.1, 0.15) is 0 Å². The Labute approximate surface area is 114 Å². The molecule has 17 heavy (non-hydrogen) atoms. The van der Waals surface area contributed by atoms with Crippen molar-refractivity contribution < 1.29 is 0 Å². The predicted molar refractivity (Wildman–Crippen MR) is 77.8 cm³/mol. The minimum absolute atomic E-state index is 0. The first-order chi connectivity index (χ1) is 7.64. The van der Waals surface area contributed by atoms with E-state index in [0.29, 0.717) is 5.41 Å². The van der Waals surface area contributed by atoms with Crippen LogP contribution in [0.15, 0.2) is 0 Å². The zero-order valence-electron chi connectivity index (χ0n) is 11.9. The molecule has 0 N–H and O–H groups in total. The lowest BCUT2D eigenvalue weighted by atomic mass is 9.53. The van der Waals surface area contributed by atoms with Crippen molar-refractivity contribution in [1.29, 1.82) is 0 Å². The summed E-state index contributed by atoms with van der Waals surface area (Å²) in [6, 6.07) is 0. The molecule has 0 aromatic rings. The molecule has 102 valence electrons. The molecule has 0 aromatic heterocycles. The largest absolute Gasteiger partial charge is 0.303 e. The maximum atomic E-state index is 2.69. The lowest BCUT2D eigenvalue weighted by Crippen LogP contribution is -2.46. The van der Waals surface area contributed by atoms with Crippen molar-refractivity contribution in [3.8, 4) is 0 Å². The lowest BCUT2D eigenvalue weighted by molar-refractivity contribution is -0.0327. The number of piperidine rings is 1. The summed E-state index contributed by atoms with van der Waals surface area (Å²) in [5.74, 6) is 2.00. The molecule has 1 aliphatic heterocycles. The van der Waals surface area contributed by atoms with Crippen LogP contribution in [0, 0.1) is 17.3 Å². The molecule has 2 heteroatoms. The van der Waals surface area contributed by atoms with Gasteiger partial charge >= 0.3 is 0 Å². The monoisotopic (exact) mass is 259 g/mol. The summed E-state index contributed by atoms with van der Waals surface area (Å²) in [6.45, 7) is 11.4. The van der Waals surface area contributed by atoms with Crippen LogP contribution in [0.3, 0.4) is 0 Å². The maximum Gasteiger partial charge on any atom is -0.00159 e. The minimum Gasteiger partial charge on any atom is -0.303 e. The first-order valence-electron chi connectivity index (χ1n) is 7.37. The van der Waals surface area contributed by atoms with Crippen LogP contribution >= 0.6 is 12.4 Å². The zero-order valence-corrected chi connectivity index (χ0v) is 12.7. The van der Waals surface area contributed by atoms with Crippen LogP contribution in [-0.4, -0.2) is 24.5 Å². The Morgan fingerprint density at radius 2 is 1.71 bits per heavy atom. The second kappa shape index (κ2) is 6.43. The third-order valence-corrected chi connectivity index (χ3v) is 5.41. The second-order valence-corrected chi connectivity index (χ2v) is 6.55. The van der Waals surface area contributed by atoms with Gasteiger partial charge in [-0.1, -0.05) is 33.6 Å². The third kappa shape index (κ3) is 3.38. The summed E-state index contributed by atoms with van der Waals surface area (Å²) < 4.78 is 0. The molecule has 0 aromatic carbocycles. The molecule has 1 saturated carbocycles. The van der Waals surface area contributed by atoms with Crippen LogP contribution in [0.4, 0.5) is 0 Å². The van der Waals surface area contributed by atoms with E-state index >= 15 is 0 Å². The summed E-state index contributed by atoms with van der Waals surface area (Å²) in [5.41, 5.74) is 0.630. The van der Waals surface area contributed by atoms with E-state index in [-0.39, 0.29) is 12.4 Å². The number of hydrogen-bond acceptors (Lipinski definition) is 1. The summed E-state index contributed by atoms with van der Waals surface area (Å²) in [7, 11) is 0. The van der Waals surface area contributed by atoms with Gasteiger partial charge in [0.05, 0.1) is 0 Å². The van der Waals surface area contributed by atoms with Gasteiger partial charge in [-0.3, -0.25) is 0 Å². The molecule has 0 bridgehead atoms. The zero-order chi connectivity index (χ0) is 11.6. The Morgan fingerprint density at radius 1 is 1.06 bits per heavy atom. The number of hydrogen-bond donors (Lipinski definition) is 0. The highest BCUT2D eigenvalue weighted by Gasteiger charge is 2.46. The van der Waals surface area contributed by atoms with Gasteiger partial charge in [-0.25, -0.2) is 0 Å². The van der Waals surface area contributed by atoms with Crippen LogP contribution < -0.4 is 0 Å². The van der Waals surface area contributed by atoms with Crippen LogP contribution in [0.25, 0.3) is 0 Å². The summed E-state index contributed by atoms with van der Waals surface area (Å²) in [4.78, 5) is 2.69. The van der Waals surface area contributed by atoms with Crippen LogP contribution in [0.5, 0.6) is 0 Å². The highest BCUT2D eigenvalue weighted by atomic mass is 35.5. The average molecular weight is 260 g/mol. The van der Waals surface area contributed by atoms with E-state index in [2.05, 4.69) is 25.7 Å². The fourth-order valence-corrected chi connectivity index (χ4v) is 3.83. The van der Waals surface area contributed by atoms with Crippen molar-refractivity contribution in [2.24, 2.45) is 17.3 Å². The van der Waals surface area contributed by atoms with Crippen molar-refractivity contribution in [2.75, 3.05) is 19.6 Å². The second-order valence-electron chi connectivity index (χ2n) is 6.55. The molecule has 1 nitrogen and oxygen atoms in total. The number of rotatable bonds is 4. The van der Waals surface area contributed by atoms with Gasteiger partial charge in [-0.05, 0) is 62.6 Å². The molecule has 2 unspecified atom stereocenters. The summed E-state index contributed by atoms with van der Waals surface area (Å²) in [6.07, 6.45) is 8.66. The molecule has 2 rings (SSSR count). The normalized spacial score (nSPS) is 32.6. The summed E-state index contributed by atoms with van der Waals surface area (Å²) >= 11 is 0. The molecular weight excluding hydrogens is 230 g/mol. The van der Waals surface area contributed by atoms with Crippen LogP contribution in [0.2, 0.25) is 0 Å². The van der Waals surface area contributed by atoms with Crippen molar-refractivity contribution in [3.63, 3.8) is 0 Å². The molecule has 2 atom stereocenters.